The van der Waals surface area contributed by atoms with E-state index < -0.39 is 0 Å². The minimum absolute atomic E-state index is 0.574. The SMILES string of the molecule is c1ccc(-c2cc(-c3ccccc3)cc(-n3c4ccccc4c4c5c6ccc7ccccc7c6n(-c6nc(-c7ccccc7)nc(-c7ccccc7)n6)c5ccc43)c2)cc1. The minimum atomic E-state index is 0.574. The highest BCUT2D eigenvalue weighted by atomic mass is 15.2. The van der Waals surface area contributed by atoms with Crippen molar-refractivity contribution in [3.05, 3.63) is 212 Å². The third-order valence-electron chi connectivity index (χ3n) is 11.7. The van der Waals surface area contributed by atoms with Gasteiger partial charge in [0.1, 0.15) is 0 Å². The van der Waals surface area contributed by atoms with Gasteiger partial charge in [-0.2, -0.15) is 9.97 Å². The van der Waals surface area contributed by atoms with Crippen LogP contribution in [0.25, 0.3) is 111 Å². The lowest BCUT2D eigenvalue weighted by molar-refractivity contribution is 0.955. The van der Waals surface area contributed by atoms with Gasteiger partial charge in [0.2, 0.25) is 5.95 Å². The van der Waals surface area contributed by atoms with Gasteiger partial charge in [-0.25, -0.2) is 4.98 Å². The number of nitrogens with zero attached hydrogens (tertiary/aromatic N) is 5. The lowest BCUT2D eigenvalue weighted by Gasteiger charge is -2.14. The highest BCUT2D eigenvalue weighted by Crippen LogP contribution is 2.44. The van der Waals surface area contributed by atoms with Crippen LogP contribution in [-0.2, 0) is 0 Å². The second kappa shape index (κ2) is 13.8. The molecule has 0 amide bonds. The van der Waals surface area contributed by atoms with E-state index in [1.54, 1.807) is 0 Å². The molecule has 0 aliphatic rings. The van der Waals surface area contributed by atoms with Gasteiger partial charge in [0.05, 0.1) is 22.1 Å². The van der Waals surface area contributed by atoms with Gasteiger partial charge in [0.25, 0.3) is 0 Å². The summed E-state index contributed by atoms with van der Waals surface area (Å²) >= 11 is 0. The normalized spacial score (nSPS) is 11.7. The molecule has 0 spiro atoms. The van der Waals surface area contributed by atoms with Gasteiger partial charge in [-0.1, -0.05) is 176 Å². The van der Waals surface area contributed by atoms with Gasteiger partial charge in [-0.15, -0.1) is 0 Å². The van der Waals surface area contributed by atoms with Crippen LogP contribution >= 0.6 is 0 Å². The Morgan fingerprint density at radius 3 is 1.38 bits per heavy atom. The number of rotatable bonds is 6. The van der Waals surface area contributed by atoms with Crippen LogP contribution in [0.3, 0.4) is 0 Å². The second-order valence-corrected chi connectivity index (χ2v) is 15.2. The Labute approximate surface area is 346 Å². The average Bonchev–Trinajstić information content (AvgIpc) is 3.86. The van der Waals surface area contributed by atoms with Crippen LogP contribution in [0.1, 0.15) is 0 Å². The molecule has 0 saturated carbocycles. The molecular weight excluding hydrogens is 731 g/mol. The van der Waals surface area contributed by atoms with Crippen molar-refractivity contribution in [3.63, 3.8) is 0 Å². The zero-order valence-corrected chi connectivity index (χ0v) is 32.4. The molecule has 3 heterocycles. The number of aromatic nitrogens is 5. The first-order valence-corrected chi connectivity index (χ1v) is 20.3. The standard InChI is InChI=1S/C55H35N5/c1-5-17-36(18-6-1)41-33-42(37-19-7-2-8-20-37)35-43(34-41)59-47-28-16-15-27-45(47)50-48(59)31-32-49-51(50)46-30-29-38-21-13-14-26-44(38)52(46)60(49)55-57-53(39-22-9-3-10-23-39)56-54(58-55)40-24-11-4-12-25-40/h1-35H. The Hall–Kier alpha value is -8.15. The summed E-state index contributed by atoms with van der Waals surface area (Å²) in [6.07, 6.45) is 0. The monoisotopic (exact) mass is 765 g/mol. The van der Waals surface area contributed by atoms with Crippen LogP contribution in [0.15, 0.2) is 212 Å². The van der Waals surface area contributed by atoms with Crippen molar-refractivity contribution in [1.29, 1.82) is 0 Å². The average molecular weight is 766 g/mol. The van der Waals surface area contributed by atoms with Crippen molar-refractivity contribution >= 4 is 54.4 Å². The van der Waals surface area contributed by atoms with E-state index in [1.807, 2.05) is 36.4 Å². The van der Waals surface area contributed by atoms with Crippen LogP contribution in [0.4, 0.5) is 0 Å². The summed E-state index contributed by atoms with van der Waals surface area (Å²) in [5, 5.41) is 6.96. The summed E-state index contributed by atoms with van der Waals surface area (Å²) in [6, 6.07) is 75.2. The van der Waals surface area contributed by atoms with E-state index in [0.717, 1.165) is 60.4 Å². The van der Waals surface area contributed by atoms with Crippen LogP contribution < -0.4 is 0 Å². The van der Waals surface area contributed by atoms with E-state index in [0.29, 0.717) is 17.6 Å². The Morgan fingerprint density at radius 2 is 0.783 bits per heavy atom. The fourth-order valence-corrected chi connectivity index (χ4v) is 9.04. The molecule has 280 valence electrons. The molecular formula is C55H35N5. The van der Waals surface area contributed by atoms with Crippen molar-refractivity contribution in [2.45, 2.75) is 0 Å². The fourth-order valence-electron chi connectivity index (χ4n) is 9.04. The minimum Gasteiger partial charge on any atom is -0.309 e. The maximum atomic E-state index is 5.29. The third-order valence-corrected chi connectivity index (χ3v) is 11.7. The highest BCUT2D eigenvalue weighted by Gasteiger charge is 2.24. The molecule has 9 aromatic carbocycles. The Balaban J connectivity index is 1.20. The van der Waals surface area contributed by atoms with Crippen molar-refractivity contribution in [2.24, 2.45) is 0 Å². The van der Waals surface area contributed by atoms with E-state index in [4.69, 9.17) is 15.0 Å². The van der Waals surface area contributed by atoms with E-state index in [-0.39, 0.29) is 0 Å². The topological polar surface area (TPSA) is 48.5 Å². The maximum Gasteiger partial charge on any atom is 0.238 e. The van der Waals surface area contributed by atoms with Crippen LogP contribution in [0.5, 0.6) is 0 Å². The molecule has 0 unspecified atom stereocenters. The Kier molecular flexibility index (Phi) is 7.78. The van der Waals surface area contributed by atoms with Crippen molar-refractivity contribution in [1.82, 2.24) is 24.1 Å². The third kappa shape index (κ3) is 5.44. The fraction of sp³-hybridized carbons (Fsp3) is 0. The number of hydrogen-bond acceptors (Lipinski definition) is 3. The quantitative estimate of drug-likeness (QED) is 0.169. The highest BCUT2D eigenvalue weighted by molar-refractivity contribution is 6.31. The first-order valence-electron chi connectivity index (χ1n) is 20.3. The smallest absolute Gasteiger partial charge is 0.238 e. The zero-order valence-electron chi connectivity index (χ0n) is 32.4. The molecule has 0 fully saturated rings. The molecule has 0 saturated heterocycles. The molecule has 12 aromatic rings. The molecule has 3 aromatic heterocycles. The van der Waals surface area contributed by atoms with Gasteiger partial charge in [-0.3, -0.25) is 4.57 Å². The van der Waals surface area contributed by atoms with E-state index in [9.17, 15) is 0 Å². The Morgan fingerprint density at radius 1 is 0.300 bits per heavy atom. The lowest BCUT2D eigenvalue weighted by Crippen LogP contribution is -2.06. The summed E-state index contributed by atoms with van der Waals surface area (Å²) in [5.74, 6) is 1.82. The lowest BCUT2D eigenvalue weighted by atomic mass is 9.98. The first-order chi connectivity index (χ1) is 29.8. The Bertz CT molecular complexity index is 3460. The molecule has 60 heavy (non-hydrogen) atoms. The molecule has 5 heteroatoms. The van der Waals surface area contributed by atoms with Gasteiger partial charge in [0.15, 0.2) is 11.6 Å². The zero-order chi connectivity index (χ0) is 39.6. The van der Waals surface area contributed by atoms with Crippen LogP contribution in [-0.4, -0.2) is 24.1 Å². The maximum absolute atomic E-state index is 5.29. The summed E-state index contributed by atoms with van der Waals surface area (Å²) in [6.45, 7) is 0. The van der Waals surface area contributed by atoms with Gasteiger partial charge in [-0.05, 0) is 64.0 Å². The predicted molar refractivity (Wildman–Crippen MR) is 248 cm³/mol. The van der Waals surface area contributed by atoms with Gasteiger partial charge in [0, 0.05) is 43.7 Å². The van der Waals surface area contributed by atoms with Crippen LogP contribution in [0, 0.1) is 0 Å². The molecule has 12 rings (SSSR count). The molecule has 0 N–H and O–H groups in total. The number of fused-ring (bicyclic) bond motifs is 9. The molecule has 5 nitrogen and oxygen atoms in total. The predicted octanol–water partition coefficient (Wildman–Crippen LogP) is 13.9. The molecule has 0 radical (unpaired) electrons. The number of benzene rings is 9. The summed E-state index contributed by atoms with van der Waals surface area (Å²) < 4.78 is 4.71. The second-order valence-electron chi connectivity index (χ2n) is 15.2. The summed E-state index contributed by atoms with van der Waals surface area (Å²) in [7, 11) is 0. The van der Waals surface area contributed by atoms with E-state index >= 15 is 0 Å². The van der Waals surface area contributed by atoms with Gasteiger partial charge < -0.3 is 4.57 Å². The molecule has 0 atom stereocenters. The van der Waals surface area contributed by atoms with Crippen molar-refractivity contribution in [3.8, 4) is 56.7 Å². The molecule has 0 aliphatic heterocycles. The number of para-hydroxylation sites is 1. The summed E-state index contributed by atoms with van der Waals surface area (Å²) in [5.41, 5.74) is 12.0. The van der Waals surface area contributed by atoms with Crippen LogP contribution in [0.2, 0.25) is 0 Å². The number of hydrogen-bond donors (Lipinski definition) is 0. The van der Waals surface area contributed by atoms with E-state index in [2.05, 4.69) is 185 Å². The first kappa shape index (κ1) is 33.9. The van der Waals surface area contributed by atoms with Crippen molar-refractivity contribution < 1.29 is 0 Å². The van der Waals surface area contributed by atoms with E-state index in [1.165, 1.54) is 33.0 Å². The van der Waals surface area contributed by atoms with Crippen molar-refractivity contribution in [2.75, 3.05) is 0 Å². The molecule has 0 aliphatic carbocycles. The molecule has 0 bridgehead atoms. The largest absolute Gasteiger partial charge is 0.309 e. The summed E-state index contributed by atoms with van der Waals surface area (Å²) in [4.78, 5) is 15.6. The van der Waals surface area contributed by atoms with Gasteiger partial charge >= 0.3 is 0 Å².